The molecule has 0 fully saturated rings. The van der Waals surface area contributed by atoms with Crippen LogP contribution in [0.15, 0.2) is 93.3 Å². The molecule has 0 amide bonds. The van der Waals surface area contributed by atoms with Gasteiger partial charge in [-0.25, -0.2) is 0 Å². The molecule has 0 saturated heterocycles. The molecule has 170 valence electrons. The predicted octanol–water partition coefficient (Wildman–Crippen LogP) is 7.13. The monoisotopic (exact) mass is 450 g/mol. The van der Waals surface area contributed by atoms with Crippen molar-refractivity contribution >= 4 is 45.5 Å². The van der Waals surface area contributed by atoms with E-state index in [1.54, 1.807) is 12.1 Å². The van der Waals surface area contributed by atoms with Crippen molar-refractivity contribution in [1.29, 1.82) is 0 Å². The van der Waals surface area contributed by atoms with Gasteiger partial charge in [-0.15, -0.1) is 10.2 Å². The van der Waals surface area contributed by atoms with Gasteiger partial charge in [0.15, 0.2) is 0 Å². The third-order valence-corrected chi connectivity index (χ3v) is 5.45. The van der Waals surface area contributed by atoms with Crippen molar-refractivity contribution in [3.8, 4) is 11.1 Å². The van der Waals surface area contributed by atoms with E-state index in [0.717, 1.165) is 33.6 Å². The fourth-order valence-corrected chi connectivity index (χ4v) is 3.29. The molecule has 0 aliphatic rings. The summed E-state index contributed by atoms with van der Waals surface area (Å²) in [6.07, 6.45) is 0. The first kappa shape index (κ1) is 22.5. The summed E-state index contributed by atoms with van der Waals surface area (Å²) in [5.41, 5.74) is 32.5. The van der Waals surface area contributed by atoms with Gasteiger partial charge >= 0.3 is 0 Å². The lowest BCUT2D eigenvalue weighted by atomic mass is 10.1. The number of hydrogen-bond donors (Lipinski definition) is 4. The minimum absolute atomic E-state index is 0.495. The Kier molecular flexibility index (Phi) is 6.22. The molecule has 0 bridgehead atoms. The van der Waals surface area contributed by atoms with Gasteiger partial charge in [0.05, 0.1) is 22.7 Å². The molecular weight excluding hydrogens is 424 g/mol. The lowest BCUT2D eigenvalue weighted by Gasteiger charge is -2.05. The molecule has 0 aliphatic heterocycles. The molecule has 8 nitrogen and oxygen atoms in total. The zero-order chi connectivity index (χ0) is 24.2. The van der Waals surface area contributed by atoms with Crippen LogP contribution < -0.4 is 22.9 Å². The molecule has 0 spiro atoms. The first-order valence-corrected chi connectivity index (χ1v) is 10.7. The zero-order valence-corrected chi connectivity index (χ0v) is 19.0. The number of nitrogens with zero attached hydrogens (tertiary/aromatic N) is 4. The minimum atomic E-state index is 0.495. The third kappa shape index (κ3) is 5.02. The zero-order valence-electron chi connectivity index (χ0n) is 19.0. The molecule has 4 aromatic carbocycles. The summed E-state index contributed by atoms with van der Waals surface area (Å²) in [5.74, 6) is 0. The predicted molar refractivity (Wildman–Crippen MR) is 140 cm³/mol. The normalized spacial score (nSPS) is 11.5. The molecule has 8 heteroatoms. The molecule has 0 unspecified atom stereocenters. The highest BCUT2D eigenvalue weighted by molar-refractivity contribution is 5.72. The Balaban J connectivity index is 1.46. The summed E-state index contributed by atoms with van der Waals surface area (Å²) < 4.78 is 0. The molecule has 0 heterocycles. The van der Waals surface area contributed by atoms with Crippen LogP contribution in [0.5, 0.6) is 0 Å². The molecule has 0 atom stereocenters. The Labute approximate surface area is 198 Å². The summed E-state index contributed by atoms with van der Waals surface area (Å²) in [4.78, 5) is 0. The van der Waals surface area contributed by atoms with Gasteiger partial charge < -0.3 is 22.9 Å². The highest BCUT2D eigenvalue weighted by atomic mass is 15.1. The van der Waals surface area contributed by atoms with Gasteiger partial charge in [-0.3, -0.25) is 0 Å². The van der Waals surface area contributed by atoms with Crippen LogP contribution in [-0.2, 0) is 0 Å². The highest BCUT2D eigenvalue weighted by Crippen LogP contribution is 2.31. The van der Waals surface area contributed by atoms with Crippen LogP contribution in [0, 0.1) is 13.8 Å². The highest BCUT2D eigenvalue weighted by Gasteiger charge is 2.04. The third-order valence-electron chi connectivity index (χ3n) is 5.45. The molecule has 0 aromatic heterocycles. The van der Waals surface area contributed by atoms with Gasteiger partial charge in [0.2, 0.25) is 0 Å². The van der Waals surface area contributed by atoms with Crippen LogP contribution in [0.1, 0.15) is 11.1 Å². The number of rotatable bonds is 5. The van der Waals surface area contributed by atoms with E-state index in [2.05, 4.69) is 20.5 Å². The van der Waals surface area contributed by atoms with Gasteiger partial charge in [0.25, 0.3) is 0 Å². The van der Waals surface area contributed by atoms with E-state index in [1.807, 2.05) is 74.5 Å². The first-order valence-electron chi connectivity index (χ1n) is 10.7. The van der Waals surface area contributed by atoms with Crippen molar-refractivity contribution in [3.63, 3.8) is 0 Å². The summed E-state index contributed by atoms with van der Waals surface area (Å²) in [6, 6.07) is 22.6. The van der Waals surface area contributed by atoms with Gasteiger partial charge in [0.1, 0.15) is 11.4 Å². The van der Waals surface area contributed by atoms with E-state index in [9.17, 15) is 0 Å². The maximum atomic E-state index is 5.98. The second kappa shape index (κ2) is 9.41. The Morgan fingerprint density at radius 1 is 0.441 bits per heavy atom. The van der Waals surface area contributed by atoms with Gasteiger partial charge in [-0.2, -0.15) is 10.2 Å². The quantitative estimate of drug-likeness (QED) is 0.188. The van der Waals surface area contributed by atoms with Crippen LogP contribution in [0.3, 0.4) is 0 Å². The molecule has 0 saturated carbocycles. The SMILES string of the molecule is Cc1cc(N=Nc2ccc(-c3ccc(N=Nc4cc(C)c(N)cc4N)cc3)cc2)c(N)cc1N. The summed E-state index contributed by atoms with van der Waals surface area (Å²) in [6.45, 7) is 3.81. The van der Waals surface area contributed by atoms with E-state index in [-0.39, 0.29) is 0 Å². The minimum Gasteiger partial charge on any atom is -0.398 e. The van der Waals surface area contributed by atoms with E-state index in [4.69, 9.17) is 22.9 Å². The molecule has 4 rings (SSSR count). The average Bonchev–Trinajstić information content (AvgIpc) is 2.83. The molecule has 4 aromatic rings. The number of aryl methyl sites for hydroxylation is 2. The molecular formula is C26H26N8. The van der Waals surface area contributed by atoms with Crippen LogP contribution in [-0.4, -0.2) is 0 Å². The fourth-order valence-electron chi connectivity index (χ4n) is 3.29. The Morgan fingerprint density at radius 2 is 0.794 bits per heavy atom. The van der Waals surface area contributed by atoms with E-state index in [0.29, 0.717) is 34.1 Å². The fraction of sp³-hybridized carbons (Fsp3) is 0.0769. The van der Waals surface area contributed by atoms with Gasteiger partial charge in [-0.1, -0.05) is 24.3 Å². The second-order valence-electron chi connectivity index (χ2n) is 8.03. The maximum Gasteiger partial charge on any atom is 0.109 e. The number of nitrogen functional groups attached to an aromatic ring is 4. The molecule has 8 N–H and O–H groups in total. The molecule has 34 heavy (non-hydrogen) atoms. The largest absolute Gasteiger partial charge is 0.398 e. The van der Waals surface area contributed by atoms with E-state index >= 15 is 0 Å². The Morgan fingerprint density at radius 3 is 1.15 bits per heavy atom. The van der Waals surface area contributed by atoms with Crippen molar-refractivity contribution in [1.82, 2.24) is 0 Å². The molecule has 0 aliphatic carbocycles. The van der Waals surface area contributed by atoms with Gasteiger partial charge in [-0.05, 0) is 84.6 Å². The smallest absolute Gasteiger partial charge is 0.109 e. The number of nitrogens with two attached hydrogens (primary N) is 4. The maximum absolute atomic E-state index is 5.98. The van der Waals surface area contributed by atoms with Crippen LogP contribution in [0.25, 0.3) is 11.1 Å². The lowest BCUT2D eigenvalue weighted by molar-refractivity contribution is 1.22. The van der Waals surface area contributed by atoms with Crippen molar-refractivity contribution < 1.29 is 0 Å². The lowest BCUT2D eigenvalue weighted by Crippen LogP contribution is -1.93. The number of anilines is 4. The van der Waals surface area contributed by atoms with Crippen molar-refractivity contribution in [3.05, 3.63) is 83.9 Å². The van der Waals surface area contributed by atoms with Crippen molar-refractivity contribution in [2.24, 2.45) is 20.5 Å². The van der Waals surface area contributed by atoms with E-state index < -0.39 is 0 Å². The first-order chi connectivity index (χ1) is 16.3. The summed E-state index contributed by atoms with van der Waals surface area (Å²) in [7, 11) is 0. The number of hydrogen-bond acceptors (Lipinski definition) is 8. The average molecular weight is 451 g/mol. The van der Waals surface area contributed by atoms with Crippen molar-refractivity contribution in [2.45, 2.75) is 13.8 Å². The van der Waals surface area contributed by atoms with E-state index in [1.165, 1.54) is 0 Å². The Hall–Kier alpha value is -4.72. The Bertz CT molecular complexity index is 1280. The summed E-state index contributed by atoms with van der Waals surface area (Å²) in [5, 5.41) is 17.1. The molecule has 0 radical (unpaired) electrons. The topological polar surface area (TPSA) is 154 Å². The summed E-state index contributed by atoms with van der Waals surface area (Å²) >= 11 is 0. The standard InChI is InChI=1S/C26H26N8/c1-15-11-25(23(29)13-21(15)27)33-31-19-7-3-17(4-8-19)18-5-9-20(10-6-18)32-34-26-12-16(2)22(28)14-24(26)30/h3-14H,27-30H2,1-2H3. The van der Waals surface area contributed by atoms with Crippen LogP contribution >= 0.6 is 0 Å². The number of benzene rings is 4. The van der Waals surface area contributed by atoms with Crippen LogP contribution in [0.4, 0.5) is 45.5 Å². The van der Waals surface area contributed by atoms with Crippen molar-refractivity contribution in [2.75, 3.05) is 22.9 Å². The number of azo groups is 2. The van der Waals surface area contributed by atoms with Gasteiger partial charge in [0, 0.05) is 11.4 Å². The van der Waals surface area contributed by atoms with Crippen LogP contribution in [0.2, 0.25) is 0 Å². The second-order valence-corrected chi connectivity index (χ2v) is 8.03.